The fraction of sp³-hybridized carbons (Fsp3) is 0.364. The van der Waals surface area contributed by atoms with Crippen molar-refractivity contribution < 1.29 is 4.79 Å². The van der Waals surface area contributed by atoms with Crippen molar-refractivity contribution in [1.82, 2.24) is 5.32 Å². The molecule has 3 nitrogen and oxygen atoms in total. The largest absolute Gasteiger partial charge is 0.398 e. The lowest BCUT2D eigenvalue weighted by Gasteiger charge is -2.12. The monoisotopic (exact) mass is 226 g/mol. The Balaban J connectivity index is 3.08. The van der Waals surface area contributed by atoms with Gasteiger partial charge < -0.3 is 11.1 Å². The van der Waals surface area contributed by atoms with Gasteiger partial charge in [-0.3, -0.25) is 4.79 Å². The van der Waals surface area contributed by atoms with E-state index < -0.39 is 0 Å². The molecule has 0 aliphatic heterocycles. The number of amides is 1. The summed E-state index contributed by atoms with van der Waals surface area (Å²) >= 11 is 5.87. The highest BCUT2D eigenvalue weighted by Gasteiger charge is 2.13. The van der Waals surface area contributed by atoms with E-state index in [1.807, 2.05) is 20.8 Å². The van der Waals surface area contributed by atoms with E-state index in [1.165, 1.54) is 0 Å². The maximum Gasteiger partial charge on any atom is 0.253 e. The van der Waals surface area contributed by atoms with Crippen LogP contribution >= 0.6 is 11.6 Å². The van der Waals surface area contributed by atoms with Crippen molar-refractivity contribution in [2.24, 2.45) is 0 Å². The molecule has 0 bridgehead atoms. The average molecular weight is 227 g/mol. The van der Waals surface area contributed by atoms with E-state index in [4.69, 9.17) is 17.3 Å². The van der Waals surface area contributed by atoms with E-state index >= 15 is 0 Å². The van der Waals surface area contributed by atoms with E-state index in [1.54, 1.807) is 12.1 Å². The molecule has 82 valence electrons. The minimum atomic E-state index is -0.187. The number of rotatable bonds is 2. The molecule has 0 aromatic heterocycles. The molecule has 1 aromatic rings. The number of carbonyl (C=O) groups excluding carboxylic acids is 1. The van der Waals surface area contributed by atoms with Crippen LogP contribution < -0.4 is 11.1 Å². The molecule has 0 aliphatic rings. The minimum absolute atomic E-state index is 0.0798. The van der Waals surface area contributed by atoms with Crippen molar-refractivity contribution in [1.29, 1.82) is 0 Å². The summed E-state index contributed by atoms with van der Waals surface area (Å²) in [6.45, 7) is 5.62. The standard InChI is InChI=1S/C11H15ClN2O/c1-6(2)14-11(15)9-5-8(12)4-7(3)10(9)13/h4-6H,13H2,1-3H3,(H,14,15). The summed E-state index contributed by atoms with van der Waals surface area (Å²) in [5, 5.41) is 3.30. The third-order valence-electron chi connectivity index (χ3n) is 2.02. The average Bonchev–Trinajstić information content (AvgIpc) is 2.09. The second-order valence-electron chi connectivity index (χ2n) is 3.81. The highest BCUT2D eigenvalue weighted by Crippen LogP contribution is 2.22. The maximum absolute atomic E-state index is 11.7. The summed E-state index contributed by atoms with van der Waals surface area (Å²) in [4.78, 5) is 11.7. The van der Waals surface area contributed by atoms with Gasteiger partial charge in [-0.1, -0.05) is 11.6 Å². The van der Waals surface area contributed by atoms with Crippen LogP contribution in [-0.4, -0.2) is 11.9 Å². The predicted molar refractivity (Wildman–Crippen MR) is 63.2 cm³/mol. The highest BCUT2D eigenvalue weighted by molar-refractivity contribution is 6.31. The number of hydrogen-bond acceptors (Lipinski definition) is 2. The molecule has 0 atom stereocenters. The van der Waals surface area contributed by atoms with Gasteiger partial charge in [-0.2, -0.15) is 0 Å². The van der Waals surface area contributed by atoms with Crippen LogP contribution in [0.3, 0.4) is 0 Å². The van der Waals surface area contributed by atoms with E-state index in [2.05, 4.69) is 5.32 Å². The number of anilines is 1. The fourth-order valence-corrected chi connectivity index (χ4v) is 1.55. The Hall–Kier alpha value is -1.22. The molecule has 1 amide bonds. The zero-order valence-corrected chi connectivity index (χ0v) is 9.85. The van der Waals surface area contributed by atoms with E-state index in [-0.39, 0.29) is 11.9 Å². The molecule has 15 heavy (non-hydrogen) atoms. The first-order valence-corrected chi connectivity index (χ1v) is 5.16. The van der Waals surface area contributed by atoms with Gasteiger partial charge >= 0.3 is 0 Å². The summed E-state index contributed by atoms with van der Waals surface area (Å²) in [5.74, 6) is -0.187. The van der Waals surface area contributed by atoms with Crippen LogP contribution in [0.2, 0.25) is 5.02 Å². The third kappa shape index (κ3) is 2.86. The Morgan fingerprint density at radius 3 is 2.60 bits per heavy atom. The van der Waals surface area contributed by atoms with Gasteiger partial charge in [0.05, 0.1) is 5.56 Å². The molecule has 0 saturated heterocycles. The molecule has 0 saturated carbocycles. The van der Waals surface area contributed by atoms with Gasteiger partial charge in [-0.05, 0) is 38.5 Å². The van der Waals surface area contributed by atoms with Crippen molar-refractivity contribution >= 4 is 23.2 Å². The highest BCUT2D eigenvalue weighted by atomic mass is 35.5. The number of halogens is 1. The Bertz CT molecular complexity index is 388. The normalized spacial score (nSPS) is 10.5. The molecule has 0 radical (unpaired) electrons. The molecular formula is C11H15ClN2O. The summed E-state index contributed by atoms with van der Waals surface area (Å²) < 4.78 is 0. The van der Waals surface area contributed by atoms with E-state index in [0.29, 0.717) is 16.3 Å². The molecule has 0 heterocycles. The molecule has 3 N–H and O–H groups in total. The lowest BCUT2D eigenvalue weighted by Crippen LogP contribution is -2.30. The van der Waals surface area contributed by atoms with Gasteiger partial charge in [0.2, 0.25) is 0 Å². The quantitative estimate of drug-likeness (QED) is 0.761. The number of benzene rings is 1. The van der Waals surface area contributed by atoms with Crippen LogP contribution in [0.5, 0.6) is 0 Å². The Morgan fingerprint density at radius 1 is 1.47 bits per heavy atom. The molecule has 0 unspecified atom stereocenters. The van der Waals surface area contributed by atoms with E-state index in [0.717, 1.165) is 5.56 Å². The Morgan fingerprint density at radius 2 is 2.07 bits per heavy atom. The second kappa shape index (κ2) is 4.53. The number of carbonyl (C=O) groups is 1. The zero-order chi connectivity index (χ0) is 11.6. The van der Waals surface area contributed by atoms with E-state index in [9.17, 15) is 4.79 Å². The maximum atomic E-state index is 11.7. The van der Waals surface area contributed by atoms with Crippen LogP contribution in [0.4, 0.5) is 5.69 Å². The minimum Gasteiger partial charge on any atom is -0.398 e. The third-order valence-corrected chi connectivity index (χ3v) is 2.23. The number of aryl methyl sites for hydroxylation is 1. The summed E-state index contributed by atoms with van der Waals surface area (Å²) in [6, 6.07) is 3.40. The molecule has 1 aromatic carbocycles. The van der Waals surface area contributed by atoms with Crippen molar-refractivity contribution in [3.8, 4) is 0 Å². The number of hydrogen-bond donors (Lipinski definition) is 2. The molecule has 0 fully saturated rings. The summed E-state index contributed by atoms with van der Waals surface area (Å²) in [6.07, 6.45) is 0. The van der Waals surface area contributed by atoms with Crippen LogP contribution in [0.25, 0.3) is 0 Å². The van der Waals surface area contributed by atoms with Crippen LogP contribution in [0.15, 0.2) is 12.1 Å². The Kier molecular flexibility index (Phi) is 3.58. The number of nitrogen functional groups attached to an aromatic ring is 1. The van der Waals surface area contributed by atoms with Gasteiger partial charge in [0.25, 0.3) is 5.91 Å². The topological polar surface area (TPSA) is 55.1 Å². The summed E-state index contributed by atoms with van der Waals surface area (Å²) in [5.41, 5.74) is 7.55. The van der Waals surface area contributed by atoms with Gasteiger partial charge in [0, 0.05) is 16.8 Å². The van der Waals surface area contributed by atoms with Crippen molar-refractivity contribution in [3.05, 3.63) is 28.3 Å². The van der Waals surface area contributed by atoms with Crippen molar-refractivity contribution in [2.45, 2.75) is 26.8 Å². The van der Waals surface area contributed by atoms with Crippen molar-refractivity contribution in [2.75, 3.05) is 5.73 Å². The molecular weight excluding hydrogens is 212 g/mol. The molecule has 0 spiro atoms. The molecule has 0 aliphatic carbocycles. The van der Waals surface area contributed by atoms with Gasteiger partial charge in [0.15, 0.2) is 0 Å². The SMILES string of the molecule is Cc1cc(Cl)cc(C(=O)NC(C)C)c1N. The fourth-order valence-electron chi connectivity index (χ4n) is 1.28. The smallest absolute Gasteiger partial charge is 0.253 e. The van der Waals surface area contributed by atoms with Crippen LogP contribution in [0.1, 0.15) is 29.8 Å². The first kappa shape index (κ1) is 11.9. The first-order valence-electron chi connectivity index (χ1n) is 4.78. The predicted octanol–water partition coefficient (Wildman–Crippen LogP) is 2.37. The van der Waals surface area contributed by atoms with Crippen LogP contribution in [0, 0.1) is 6.92 Å². The molecule has 1 rings (SSSR count). The van der Waals surface area contributed by atoms with Gasteiger partial charge in [-0.15, -0.1) is 0 Å². The van der Waals surface area contributed by atoms with Gasteiger partial charge in [0.1, 0.15) is 0 Å². The lowest BCUT2D eigenvalue weighted by molar-refractivity contribution is 0.0944. The molecule has 4 heteroatoms. The second-order valence-corrected chi connectivity index (χ2v) is 4.25. The van der Waals surface area contributed by atoms with Crippen molar-refractivity contribution in [3.63, 3.8) is 0 Å². The zero-order valence-electron chi connectivity index (χ0n) is 9.10. The number of nitrogens with one attached hydrogen (secondary N) is 1. The Labute approximate surface area is 94.6 Å². The summed E-state index contributed by atoms with van der Waals surface area (Å²) in [7, 11) is 0. The van der Waals surface area contributed by atoms with Gasteiger partial charge in [-0.25, -0.2) is 0 Å². The first-order chi connectivity index (χ1) is 6.91. The lowest BCUT2D eigenvalue weighted by atomic mass is 10.1. The number of nitrogens with two attached hydrogens (primary N) is 1. The van der Waals surface area contributed by atoms with Crippen LogP contribution in [-0.2, 0) is 0 Å².